The number of carbonyl (C=O) groups excluding carboxylic acids is 1. The summed E-state index contributed by atoms with van der Waals surface area (Å²) < 4.78 is 24.0. The third-order valence-electron chi connectivity index (χ3n) is 4.66. The van der Waals surface area contributed by atoms with Crippen LogP contribution in [0.5, 0.6) is 0 Å². The molecule has 0 bridgehead atoms. The van der Waals surface area contributed by atoms with Crippen LogP contribution in [0.2, 0.25) is 0 Å². The third kappa shape index (κ3) is 3.93. The summed E-state index contributed by atoms with van der Waals surface area (Å²) in [5, 5.41) is 3.90. The van der Waals surface area contributed by atoms with Crippen LogP contribution in [0.15, 0.2) is 51.4 Å². The van der Waals surface area contributed by atoms with Gasteiger partial charge >= 0.3 is 0 Å². The van der Waals surface area contributed by atoms with Crippen molar-refractivity contribution >= 4 is 5.91 Å². The van der Waals surface area contributed by atoms with E-state index in [1.54, 1.807) is 29.2 Å². The fourth-order valence-corrected chi connectivity index (χ4v) is 3.20. The first-order chi connectivity index (χ1) is 13.1. The monoisotopic (exact) mass is 369 g/mol. The van der Waals surface area contributed by atoms with E-state index in [1.165, 1.54) is 12.1 Å². The highest BCUT2D eigenvalue weighted by atomic mass is 19.1. The first-order valence-electron chi connectivity index (χ1n) is 8.88. The van der Waals surface area contributed by atoms with E-state index in [2.05, 4.69) is 10.1 Å². The molecule has 0 N–H and O–H groups in total. The lowest BCUT2D eigenvalue weighted by Gasteiger charge is -2.33. The number of nitrogens with zero attached hydrogens (tertiary/aromatic N) is 3. The number of benzene rings is 1. The summed E-state index contributed by atoms with van der Waals surface area (Å²) in [4.78, 5) is 16.7. The molecule has 0 aliphatic carbocycles. The third-order valence-corrected chi connectivity index (χ3v) is 4.66. The quantitative estimate of drug-likeness (QED) is 0.706. The summed E-state index contributed by atoms with van der Waals surface area (Å²) in [5.74, 6) is 1.26. The summed E-state index contributed by atoms with van der Waals surface area (Å²) >= 11 is 0. The highest BCUT2D eigenvalue weighted by Gasteiger charge is 2.25. The Bertz CT molecular complexity index is 924. The molecule has 1 saturated heterocycles. The van der Waals surface area contributed by atoms with Gasteiger partial charge in [0, 0.05) is 37.8 Å². The number of amides is 1. The fourth-order valence-electron chi connectivity index (χ4n) is 3.20. The number of aryl methyl sites for hydroxylation is 1. The van der Waals surface area contributed by atoms with Gasteiger partial charge in [-0.05, 0) is 43.3 Å². The predicted octanol–water partition coefficient (Wildman–Crippen LogP) is 3.34. The molecule has 7 heteroatoms. The Kier molecular flexibility index (Phi) is 4.77. The molecule has 1 aliphatic rings. The average molecular weight is 369 g/mol. The van der Waals surface area contributed by atoms with E-state index in [1.807, 2.05) is 13.0 Å². The van der Waals surface area contributed by atoms with Crippen LogP contribution < -0.4 is 0 Å². The molecule has 0 radical (unpaired) electrons. The van der Waals surface area contributed by atoms with E-state index in [9.17, 15) is 9.18 Å². The summed E-state index contributed by atoms with van der Waals surface area (Å²) in [7, 11) is 0. The molecular weight excluding hydrogens is 349 g/mol. The van der Waals surface area contributed by atoms with Crippen molar-refractivity contribution in [3.63, 3.8) is 0 Å². The van der Waals surface area contributed by atoms with Gasteiger partial charge in [0.15, 0.2) is 11.5 Å². The standard InChI is InChI=1S/C20H20FN3O3/c1-14-12-17(27-22-14)13-23-8-10-24(11-9-23)20(25)19-7-6-18(26-19)15-2-4-16(21)5-3-15/h2-7,12H,8-11,13H2,1H3. The minimum Gasteiger partial charge on any atom is -0.451 e. The Hall–Kier alpha value is -2.93. The fraction of sp³-hybridized carbons (Fsp3) is 0.300. The van der Waals surface area contributed by atoms with Gasteiger partial charge in [0.05, 0.1) is 12.2 Å². The lowest BCUT2D eigenvalue weighted by Crippen LogP contribution is -2.48. The van der Waals surface area contributed by atoms with Crippen molar-refractivity contribution in [3.8, 4) is 11.3 Å². The van der Waals surface area contributed by atoms with Crippen LogP contribution in [-0.2, 0) is 6.54 Å². The molecule has 3 aromatic rings. The highest BCUT2D eigenvalue weighted by molar-refractivity contribution is 5.92. The van der Waals surface area contributed by atoms with E-state index in [-0.39, 0.29) is 11.7 Å². The van der Waals surface area contributed by atoms with Crippen LogP contribution in [0.1, 0.15) is 22.0 Å². The Balaban J connectivity index is 1.36. The van der Waals surface area contributed by atoms with Crippen molar-refractivity contribution in [2.75, 3.05) is 26.2 Å². The van der Waals surface area contributed by atoms with Crippen LogP contribution in [0.3, 0.4) is 0 Å². The van der Waals surface area contributed by atoms with E-state index in [4.69, 9.17) is 8.94 Å². The molecule has 0 unspecified atom stereocenters. The van der Waals surface area contributed by atoms with Gasteiger partial charge in [-0.25, -0.2) is 4.39 Å². The van der Waals surface area contributed by atoms with Gasteiger partial charge in [0.1, 0.15) is 11.6 Å². The summed E-state index contributed by atoms with van der Waals surface area (Å²) in [6, 6.07) is 11.3. The molecule has 0 spiro atoms. The van der Waals surface area contributed by atoms with Crippen LogP contribution in [-0.4, -0.2) is 47.0 Å². The SMILES string of the molecule is Cc1cc(CN2CCN(C(=O)c3ccc(-c4ccc(F)cc4)o3)CC2)on1. The molecule has 27 heavy (non-hydrogen) atoms. The smallest absolute Gasteiger partial charge is 0.289 e. The van der Waals surface area contributed by atoms with Gasteiger partial charge in [0.2, 0.25) is 0 Å². The first kappa shape index (κ1) is 17.5. The molecule has 1 aromatic carbocycles. The van der Waals surface area contributed by atoms with Crippen LogP contribution in [0.25, 0.3) is 11.3 Å². The second-order valence-electron chi connectivity index (χ2n) is 6.67. The number of aromatic nitrogens is 1. The summed E-state index contributed by atoms with van der Waals surface area (Å²) in [5.41, 5.74) is 1.61. The van der Waals surface area contributed by atoms with Crippen molar-refractivity contribution in [2.24, 2.45) is 0 Å². The van der Waals surface area contributed by atoms with Gasteiger partial charge in [0.25, 0.3) is 5.91 Å². The maximum absolute atomic E-state index is 13.0. The second-order valence-corrected chi connectivity index (χ2v) is 6.67. The number of furan rings is 1. The number of halogens is 1. The highest BCUT2D eigenvalue weighted by Crippen LogP contribution is 2.23. The lowest BCUT2D eigenvalue weighted by molar-refractivity contribution is 0.0588. The second kappa shape index (κ2) is 7.36. The Labute approximate surface area is 156 Å². The minimum atomic E-state index is -0.306. The number of piperazine rings is 1. The molecule has 1 fully saturated rings. The Morgan fingerprint density at radius 1 is 1.11 bits per heavy atom. The van der Waals surface area contributed by atoms with Gasteiger partial charge < -0.3 is 13.8 Å². The first-order valence-corrected chi connectivity index (χ1v) is 8.88. The van der Waals surface area contributed by atoms with Gasteiger partial charge in [-0.2, -0.15) is 0 Å². The largest absolute Gasteiger partial charge is 0.451 e. The number of hydrogen-bond donors (Lipinski definition) is 0. The van der Waals surface area contributed by atoms with Crippen molar-refractivity contribution in [3.05, 3.63) is 65.5 Å². The maximum atomic E-state index is 13.0. The summed E-state index contributed by atoms with van der Waals surface area (Å²) in [6.45, 7) is 5.36. The topological polar surface area (TPSA) is 62.7 Å². The number of carbonyl (C=O) groups is 1. The van der Waals surface area contributed by atoms with Crippen LogP contribution in [0, 0.1) is 12.7 Å². The van der Waals surface area contributed by atoms with E-state index < -0.39 is 0 Å². The van der Waals surface area contributed by atoms with Gasteiger partial charge in [-0.1, -0.05) is 5.16 Å². The van der Waals surface area contributed by atoms with Crippen LogP contribution >= 0.6 is 0 Å². The molecule has 1 aliphatic heterocycles. The molecule has 1 amide bonds. The zero-order valence-electron chi connectivity index (χ0n) is 15.0. The summed E-state index contributed by atoms with van der Waals surface area (Å²) in [6.07, 6.45) is 0. The lowest BCUT2D eigenvalue weighted by atomic mass is 10.2. The zero-order valence-corrected chi connectivity index (χ0v) is 15.0. The molecule has 140 valence electrons. The zero-order chi connectivity index (χ0) is 18.8. The van der Waals surface area contributed by atoms with E-state index in [0.29, 0.717) is 31.2 Å². The molecule has 4 rings (SSSR count). The van der Waals surface area contributed by atoms with Crippen LogP contribution in [0.4, 0.5) is 4.39 Å². The number of rotatable bonds is 4. The van der Waals surface area contributed by atoms with E-state index in [0.717, 1.165) is 30.1 Å². The molecular formula is C20H20FN3O3. The molecule has 0 saturated carbocycles. The van der Waals surface area contributed by atoms with E-state index >= 15 is 0 Å². The average Bonchev–Trinajstić information content (AvgIpc) is 3.32. The van der Waals surface area contributed by atoms with Crippen molar-refractivity contribution in [1.82, 2.24) is 15.0 Å². The van der Waals surface area contributed by atoms with Crippen molar-refractivity contribution < 1.29 is 18.1 Å². The van der Waals surface area contributed by atoms with Gasteiger partial charge in [-0.3, -0.25) is 9.69 Å². The molecule has 3 heterocycles. The predicted molar refractivity (Wildman–Crippen MR) is 96.5 cm³/mol. The normalized spacial score (nSPS) is 15.3. The van der Waals surface area contributed by atoms with Crippen molar-refractivity contribution in [1.29, 1.82) is 0 Å². The maximum Gasteiger partial charge on any atom is 0.289 e. The molecule has 0 atom stereocenters. The van der Waals surface area contributed by atoms with Crippen molar-refractivity contribution in [2.45, 2.75) is 13.5 Å². The Morgan fingerprint density at radius 3 is 2.52 bits per heavy atom. The number of hydrogen-bond acceptors (Lipinski definition) is 5. The molecule has 2 aromatic heterocycles. The Morgan fingerprint density at radius 2 is 1.85 bits per heavy atom. The molecule has 6 nitrogen and oxygen atoms in total. The van der Waals surface area contributed by atoms with Gasteiger partial charge in [-0.15, -0.1) is 0 Å². The minimum absolute atomic E-state index is 0.126.